The Balaban J connectivity index is 2.25. The van der Waals surface area contributed by atoms with Crippen LogP contribution < -0.4 is 0 Å². The average Bonchev–Trinajstić information content (AvgIpc) is 2.63. The average molecular weight is 353 g/mol. The van der Waals surface area contributed by atoms with E-state index >= 15 is 0 Å². The van der Waals surface area contributed by atoms with Crippen LogP contribution in [-0.2, 0) is 11.2 Å². The lowest BCUT2D eigenvalue weighted by Crippen LogP contribution is -2.04. The van der Waals surface area contributed by atoms with Gasteiger partial charge in [-0.15, -0.1) is 0 Å². The van der Waals surface area contributed by atoms with Crippen LogP contribution in [-0.4, -0.2) is 10.9 Å². The summed E-state index contributed by atoms with van der Waals surface area (Å²) in [5, 5.41) is 10.6. The van der Waals surface area contributed by atoms with Crippen molar-refractivity contribution in [2.24, 2.45) is 0 Å². The van der Waals surface area contributed by atoms with Crippen LogP contribution in [0.1, 0.15) is 74.6 Å². The zero-order valence-corrected chi connectivity index (χ0v) is 16.9. The lowest BCUT2D eigenvalue weighted by atomic mass is 9.87. The van der Waals surface area contributed by atoms with Gasteiger partial charge in [0.1, 0.15) is 5.75 Å². The van der Waals surface area contributed by atoms with Gasteiger partial charge in [0.2, 0.25) is 0 Å². The molecular formula is C24H32O2. The van der Waals surface area contributed by atoms with Crippen molar-refractivity contribution in [2.45, 2.75) is 72.6 Å². The predicted octanol–water partition coefficient (Wildman–Crippen LogP) is 6.25. The van der Waals surface area contributed by atoms with E-state index in [1.165, 1.54) is 18.4 Å². The number of allylic oxidation sites excluding steroid dienone is 6. The molecule has 0 saturated carbocycles. The van der Waals surface area contributed by atoms with Crippen LogP contribution in [0.2, 0.25) is 0 Å². The Kier molecular flexibility index (Phi) is 7.02. The number of hydrogen-bond donors (Lipinski definition) is 1. The zero-order chi connectivity index (χ0) is 19.3. The van der Waals surface area contributed by atoms with Crippen LogP contribution in [0.5, 0.6) is 5.75 Å². The maximum atomic E-state index is 12.0. The van der Waals surface area contributed by atoms with Gasteiger partial charge in [0.05, 0.1) is 0 Å². The number of rotatable bonds is 7. The van der Waals surface area contributed by atoms with Gasteiger partial charge >= 0.3 is 0 Å². The fourth-order valence-electron chi connectivity index (χ4n) is 3.58. The summed E-state index contributed by atoms with van der Waals surface area (Å²) in [5.41, 5.74) is 6.44. The Morgan fingerprint density at radius 3 is 2.50 bits per heavy atom. The summed E-state index contributed by atoms with van der Waals surface area (Å²) in [4.78, 5) is 12.0. The lowest BCUT2D eigenvalue weighted by molar-refractivity contribution is -0.111. The van der Waals surface area contributed by atoms with Crippen molar-refractivity contribution in [2.75, 3.05) is 0 Å². The molecule has 1 atom stereocenters. The molecule has 0 fully saturated rings. The van der Waals surface area contributed by atoms with E-state index in [-0.39, 0.29) is 5.78 Å². The normalized spacial score (nSPS) is 16.9. The fourth-order valence-corrected chi connectivity index (χ4v) is 3.58. The highest BCUT2D eigenvalue weighted by Crippen LogP contribution is 2.36. The summed E-state index contributed by atoms with van der Waals surface area (Å²) < 4.78 is 0. The van der Waals surface area contributed by atoms with Gasteiger partial charge in [-0.1, -0.05) is 56.6 Å². The number of unbranched alkanes of at least 4 members (excludes halogenated alkanes) is 1. The molecule has 140 valence electrons. The number of ketones is 1. The Labute approximate surface area is 158 Å². The van der Waals surface area contributed by atoms with E-state index in [1.807, 2.05) is 26.0 Å². The lowest BCUT2D eigenvalue weighted by Gasteiger charge is -2.20. The maximum absolute atomic E-state index is 12.0. The van der Waals surface area contributed by atoms with Crippen LogP contribution in [0, 0.1) is 13.8 Å². The molecular weight excluding hydrogens is 320 g/mol. The van der Waals surface area contributed by atoms with Crippen molar-refractivity contribution in [3.63, 3.8) is 0 Å². The van der Waals surface area contributed by atoms with E-state index in [0.717, 1.165) is 47.1 Å². The van der Waals surface area contributed by atoms with Crippen LogP contribution in [0.3, 0.4) is 0 Å². The third-order valence-electron chi connectivity index (χ3n) is 5.64. The molecule has 0 spiro atoms. The Morgan fingerprint density at radius 1 is 1.15 bits per heavy atom. The molecule has 0 saturated heterocycles. The van der Waals surface area contributed by atoms with Crippen LogP contribution >= 0.6 is 0 Å². The Bertz CT molecular complexity index is 763. The predicted molar refractivity (Wildman–Crippen MR) is 110 cm³/mol. The first-order valence-electron chi connectivity index (χ1n) is 9.77. The SMILES string of the molecule is CCCCC(C)c1cc(CCC(C)=C2C=CC=CC2=O)c(C)c(C)c1O. The molecule has 0 aliphatic heterocycles. The molecule has 1 aliphatic carbocycles. The van der Waals surface area contributed by atoms with Gasteiger partial charge in [-0.2, -0.15) is 0 Å². The molecule has 1 N–H and O–H groups in total. The van der Waals surface area contributed by atoms with Gasteiger partial charge < -0.3 is 5.11 Å². The van der Waals surface area contributed by atoms with Crippen molar-refractivity contribution < 1.29 is 9.90 Å². The summed E-state index contributed by atoms with van der Waals surface area (Å²) in [6, 6.07) is 2.19. The number of aromatic hydroxyl groups is 1. The van der Waals surface area contributed by atoms with Crippen molar-refractivity contribution in [3.05, 3.63) is 63.8 Å². The van der Waals surface area contributed by atoms with Gasteiger partial charge in [-0.3, -0.25) is 4.79 Å². The first-order valence-corrected chi connectivity index (χ1v) is 9.77. The third-order valence-corrected chi connectivity index (χ3v) is 5.64. The minimum absolute atomic E-state index is 0.0949. The molecule has 0 bridgehead atoms. The van der Waals surface area contributed by atoms with Crippen molar-refractivity contribution >= 4 is 5.78 Å². The molecule has 0 amide bonds. The molecule has 0 radical (unpaired) electrons. The maximum Gasteiger partial charge on any atom is 0.185 e. The second-order valence-electron chi connectivity index (χ2n) is 7.54. The van der Waals surface area contributed by atoms with Gasteiger partial charge in [-0.25, -0.2) is 0 Å². The summed E-state index contributed by atoms with van der Waals surface area (Å²) in [6.45, 7) is 10.5. The van der Waals surface area contributed by atoms with Gasteiger partial charge in [0, 0.05) is 5.57 Å². The number of carbonyl (C=O) groups excluding carboxylic acids is 1. The summed E-state index contributed by atoms with van der Waals surface area (Å²) in [5.74, 6) is 0.915. The number of aryl methyl sites for hydroxylation is 1. The summed E-state index contributed by atoms with van der Waals surface area (Å²) >= 11 is 0. The van der Waals surface area contributed by atoms with Gasteiger partial charge in [0.25, 0.3) is 0 Å². The summed E-state index contributed by atoms with van der Waals surface area (Å²) in [7, 11) is 0. The molecule has 2 nitrogen and oxygen atoms in total. The van der Waals surface area contributed by atoms with Crippen molar-refractivity contribution in [3.8, 4) is 5.75 Å². The van der Waals surface area contributed by atoms with Crippen LogP contribution in [0.25, 0.3) is 0 Å². The minimum atomic E-state index is 0.0949. The molecule has 1 aromatic carbocycles. The van der Waals surface area contributed by atoms with Crippen molar-refractivity contribution in [1.29, 1.82) is 0 Å². The van der Waals surface area contributed by atoms with Crippen molar-refractivity contribution in [1.82, 2.24) is 0 Å². The topological polar surface area (TPSA) is 37.3 Å². The van der Waals surface area contributed by atoms with Crippen LogP contribution in [0.15, 0.2) is 41.5 Å². The molecule has 0 heterocycles. The highest BCUT2D eigenvalue weighted by atomic mass is 16.3. The Morgan fingerprint density at radius 2 is 1.85 bits per heavy atom. The monoisotopic (exact) mass is 352 g/mol. The number of carbonyl (C=O) groups is 1. The first-order chi connectivity index (χ1) is 12.4. The number of phenolic OH excluding ortho intramolecular Hbond substituents is 1. The van der Waals surface area contributed by atoms with E-state index in [4.69, 9.17) is 0 Å². The summed E-state index contributed by atoms with van der Waals surface area (Å²) in [6.07, 6.45) is 12.4. The molecule has 2 rings (SSSR count). The molecule has 1 aromatic rings. The highest BCUT2D eigenvalue weighted by Gasteiger charge is 2.17. The smallest absolute Gasteiger partial charge is 0.185 e. The molecule has 1 unspecified atom stereocenters. The van der Waals surface area contributed by atoms with E-state index in [1.54, 1.807) is 12.2 Å². The first kappa shape index (κ1) is 20.2. The van der Waals surface area contributed by atoms with E-state index in [9.17, 15) is 9.90 Å². The fraction of sp³-hybridized carbons (Fsp3) is 0.458. The zero-order valence-electron chi connectivity index (χ0n) is 16.9. The largest absolute Gasteiger partial charge is 0.507 e. The van der Waals surface area contributed by atoms with E-state index in [0.29, 0.717) is 11.7 Å². The quantitative estimate of drug-likeness (QED) is 0.589. The van der Waals surface area contributed by atoms with E-state index < -0.39 is 0 Å². The van der Waals surface area contributed by atoms with Gasteiger partial charge in [0.15, 0.2) is 5.78 Å². The Hall–Kier alpha value is -2.09. The second-order valence-corrected chi connectivity index (χ2v) is 7.54. The number of phenols is 1. The second kappa shape index (κ2) is 9.02. The molecule has 0 aromatic heterocycles. The van der Waals surface area contributed by atoms with E-state index in [2.05, 4.69) is 26.8 Å². The number of hydrogen-bond acceptors (Lipinski definition) is 2. The number of benzene rings is 1. The standard InChI is InChI=1S/C24H32O2/c1-6-7-10-16(2)22-15-20(18(4)19(5)24(22)26)14-13-17(3)21-11-8-9-12-23(21)25/h8-9,11-12,15-16,26H,6-7,10,13-14H2,1-5H3. The third kappa shape index (κ3) is 4.55. The van der Waals surface area contributed by atoms with Crippen LogP contribution in [0.4, 0.5) is 0 Å². The molecule has 2 heteroatoms. The minimum Gasteiger partial charge on any atom is -0.507 e. The molecule has 1 aliphatic rings. The van der Waals surface area contributed by atoms with Gasteiger partial charge in [-0.05, 0) is 74.3 Å². The molecule has 26 heavy (non-hydrogen) atoms. The highest BCUT2D eigenvalue weighted by molar-refractivity contribution is 6.07.